The molecule has 2 heteroatoms. The van der Waals surface area contributed by atoms with Crippen LogP contribution in [0, 0.1) is 34.5 Å². The van der Waals surface area contributed by atoms with Crippen molar-refractivity contribution in [1.29, 1.82) is 0 Å². The Morgan fingerprint density at radius 3 is 2.60 bits per heavy atom. The van der Waals surface area contributed by atoms with Gasteiger partial charge in [-0.2, -0.15) is 0 Å². The minimum atomic E-state index is -0.180. The lowest BCUT2D eigenvalue weighted by Crippen LogP contribution is -2.63. The van der Waals surface area contributed by atoms with E-state index in [-0.39, 0.29) is 16.9 Å². The van der Waals surface area contributed by atoms with Gasteiger partial charge in [-0.25, -0.2) is 0 Å². The van der Waals surface area contributed by atoms with E-state index in [1.165, 1.54) is 35.7 Å². The number of aromatic nitrogens is 1. The number of hydrogen-bond acceptors (Lipinski definition) is 1. The molecule has 0 aliphatic heterocycles. The Labute approximate surface area is 182 Å². The minimum Gasteiger partial charge on any atom is -0.393 e. The van der Waals surface area contributed by atoms with Crippen molar-refractivity contribution in [2.45, 2.75) is 79.2 Å². The lowest BCUT2D eigenvalue weighted by Gasteiger charge is -2.67. The maximum atomic E-state index is 11.7. The van der Waals surface area contributed by atoms with E-state index in [1.54, 1.807) is 11.1 Å². The Morgan fingerprint density at radius 2 is 1.83 bits per heavy atom. The van der Waals surface area contributed by atoms with Gasteiger partial charge in [0.1, 0.15) is 0 Å². The summed E-state index contributed by atoms with van der Waals surface area (Å²) in [6.07, 6.45) is 9.05. The Morgan fingerprint density at radius 1 is 1.07 bits per heavy atom. The van der Waals surface area contributed by atoms with Crippen LogP contribution < -0.4 is 0 Å². The first-order chi connectivity index (χ1) is 14.3. The summed E-state index contributed by atoms with van der Waals surface area (Å²) in [7, 11) is 0. The Bertz CT molecular complexity index is 983. The van der Waals surface area contributed by atoms with E-state index in [1.807, 2.05) is 0 Å². The van der Waals surface area contributed by atoms with Crippen LogP contribution in [0.15, 0.2) is 36.0 Å². The maximum absolute atomic E-state index is 11.7. The summed E-state index contributed by atoms with van der Waals surface area (Å²) in [6, 6.07) is 8.76. The Kier molecular flexibility index (Phi) is 4.74. The van der Waals surface area contributed by atoms with Crippen molar-refractivity contribution >= 4 is 16.5 Å². The zero-order valence-electron chi connectivity index (χ0n) is 19.5. The fourth-order valence-electron chi connectivity index (χ4n) is 8.13. The third-order valence-electron chi connectivity index (χ3n) is 9.90. The van der Waals surface area contributed by atoms with Crippen molar-refractivity contribution in [1.82, 2.24) is 4.98 Å². The molecule has 3 aliphatic carbocycles. The highest BCUT2D eigenvalue weighted by Gasteiger charge is 2.65. The van der Waals surface area contributed by atoms with Gasteiger partial charge in [-0.05, 0) is 79.3 Å². The van der Waals surface area contributed by atoms with Gasteiger partial charge in [0.25, 0.3) is 0 Å². The van der Waals surface area contributed by atoms with E-state index in [0.29, 0.717) is 23.7 Å². The second-order valence-electron chi connectivity index (χ2n) is 11.3. The molecule has 2 fully saturated rings. The molecule has 1 heterocycles. The van der Waals surface area contributed by atoms with E-state index >= 15 is 0 Å². The van der Waals surface area contributed by atoms with Crippen LogP contribution in [0.1, 0.15) is 78.7 Å². The van der Waals surface area contributed by atoms with Crippen LogP contribution >= 0.6 is 0 Å². The molecule has 0 amide bonds. The summed E-state index contributed by atoms with van der Waals surface area (Å²) in [5.41, 5.74) is 6.08. The number of H-pyrrole nitrogens is 1. The zero-order valence-corrected chi connectivity index (χ0v) is 19.5. The van der Waals surface area contributed by atoms with Gasteiger partial charge in [-0.3, -0.25) is 0 Å². The molecule has 2 N–H and O–H groups in total. The number of rotatable bonds is 2. The van der Waals surface area contributed by atoms with Crippen LogP contribution in [0.5, 0.6) is 0 Å². The maximum Gasteiger partial charge on any atom is 0.0607 e. The molecule has 5 rings (SSSR count). The van der Waals surface area contributed by atoms with Crippen molar-refractivity contribution in [2.75, 3.05) is 0 Å². The fraction of sp³-hybridized carbons (Fsp3) is 0.643. The van der Waals surface area contributed by atoms with Crippen LogP contribution in [0.2, 0.25) is 0 Å². The highest BCUT2D eigenvalue weighted by Crippen LogP contribution is 2.71. The van der Waals surface area contributed by atoms with Crippen molar-refractivity contribution in [3.63, 3.8) is 0 Å². The third-order valence-corrected chi connectivity index (χ3v) is 9.90. The number of nitrogens with one attached hydrogen (secondary N) is 1. The number of aliphatic hydroxyl groups is 1. The van der Waals surface area contributed by atoms with Gasteiger partial charge < -0.3 is 10.1 Å². The predicted molar refractivity (Wildman–Crippen MR) is 126 cm³/mol. The average molecular weight is 406 g/mol. The first-order valence-electron chi connectivity index (χ1n) is 12.3. The molecule has 162 valence electrons. The summed E-state index contributed by atoms with van der Waals surface area (Å²) >= 11 is 0. The lowest BCUT2D eigenvalue weighted by atomic mass is 9.37. The zero-order chi connectivity index (χ0) is 21.3. The van der Waals surface area contributed by atoms with Crippen molar-refractivity contribution in [3.05, 3.63) is 41.6 Å². The molecule has 1 aromatic heterocycles. The summed E-state index contributed by atoms with van der Waals surface area (Å²) in [6.45, 7) is 12.2. The molecule has 30 heavy (non-hydrogen) atoms. The minimum absolute atomic E-state index is 0.00836. The molecule has 2 aromatic rings. The van der Waals surface area contributed by atoms with Crippen molar-refractivity contribution in [2.24, 2.45) is 34.5 Å². The van der Waals surface area contributed by atoms with Gasteiger partial charge in [-0.1, -0.05) is 58.4 Å². The molecule has 0 saturated heterocycles. The smallest absolute Gasteiger partial charge is 0.0607 e. The number of benzene rings is 1. The van der Waals surface area contributed by atoms with Crippen LogP contribution in [0.3, 0.4) is 0 Å². The quantitative estimate of drug-likeness (QED) is 0.544. The molecule has 0 radical (unpaired) electrons. The van der Waals surface area contributed by atoms with E-state index in [0.717, 1.165) is 19.3 Å². The second kappa shape index (κ2) is 6.99. The number of allylic oxidation sites excluding steroid dienone is 2. The topological polar surface area (TPSA) is 36.0 Å². The van der Waals surface area contributed by atoms with Crippen LogP contribution in [-0.2, 0) is 0 Å². The Balaban J connectivity index is 1.79. The highest BCUT2D eigenvalue weighted by molar-refractivity contribution is 5.94. The summed E-state index contributed by atoms with van der Waals surface area (Å²) in [5, 5.41) is 13.1. The molecule has 1 spiro atoms. The summed E-state index contributed by atoms with van der Waals surface area (Å²) < 4.78 is 0. The van der Waals surface area contributed by atoms with Gasteiger partial charge in [0.15, 0.2) is 0 Å². The van der Waals surface area contributed by atoms with Crippen LogP contribution in [0.4, 0.5) is 0 Å². The summed E-state index contributed by atoms with van der Waals surface area (Å²) in [4.78, 5) is 3.56. The van der Waals surface area contributed by atoms with E-state index < -0.39 is 0 Å². The van der Waals surface area contributed by atoms with E-state index in [4.69, 9.17) is 0 Å². The molecule has 2 saturated carbocycles. The van der Waals surface area contributed by atoms with Gasteiger partial charge in [-0.15, -0.1) is 0 Å². The highest BCUT2D eigenvalue weighted by atomic mass is 16.3. The number of para-hydroxylation sites is 1. The Hall–Kier alpha value is -1.54. The van der Waals surface area contributed by atoms with Gasteiger partial charge >= 0.3 is 0 Å². The standard InChI is InChI=1S/C28H39NO/c1-17(2)20-13-15-28-24(30)11-10-19(4)27(28,5)14-12-18(3)26(28)25(20)22-16-29-23-9-7-6-8-21(22)23/h6-9,16-19,24,26,29-30H,10-15H2,1-5H3. The summed E-state index contributed by atoms with van der Waals surface area (Å²) in [5.74, 6) is 2.28. The molecular weight excluding hydrogens is 366 g/mol. The molecular formula is C28H39NO. The SMILES string of the molecule is CC(C)C1=C(c2c[nH]c3ccccc23)C2C(C)CCC3(C)C(C)CCC(O)C23CC1. The number of aliphatic hydroxyl groups excluding tert-OH is 1. The molecule has 3 aliphatic rings. The lowest BCUT2D eigenvalue weighted by molar-refractivity contribution is -0.195. The molecule has 6 atom stereocenters. The molecule has 1 aromatic carbocycles. The number of hydrogen-bond donors (Lipinski definition) is 2. The van der Waals surface area contributed by atoms with Crippen molar-refractivity contribution in [3.8, 4) is 0 Å². The third kappa shape index (κ3) is 2.52. The van der Waals surface area contributed by atoms with Gasteiger partial charge in [0.05, 0.1) is 6.10 Å². The van der Waals surface area contributed by atoms with Gasteiger partial charge in [0, 0.05) is 28.1 Å². The van der Waals surface area contributed by atoms with Crippen LogP contribution in [-0.4, -0.2) is 16.2 Å². The first kappa shape index (κ1) is 20.4. The first-order valence-corrected chi connectivity index (χ1v) is 12.3. The molecule has 6 unspecified atom stereocenters. The van der Waals surface area contributed by atoms with E-state index in [2.05, 4.69) is 70.1 Å². The normalized spacial score (nSPS) is 39.3. The van der Waals surface area contributed by atoms with Crippen LogP contribution in [0.25, 0.3) is 16.5 Å². The van der Waals surface area contributed by atoms with Gasteiger partial charge in [0.2, 0.25) is 0 Å². The monoisotopic (exact) mass is 405 g/mol. The largest absolute Gasteiger partial charge is 0.393 e. The second-order valence-corrected chi connectivity index (χ2v) is 11.3. The molecule has 0 bridgehead atoms. The number of aromatic amines is 1. The van der Waals surface area contributed by atoms with Crippen molar-refractivity contribution < 1.29 is 5.11 Å². The number of fused-ring (bicyclic) bond motifs is 1. The average Bonchev–Trinajstić information content (AvgIpc) is 3.16. The fourth-order valence-corrected chi connectivity index (χ4v) is 8.13. The predicted octanol–water partition coefficient (Wildman–Crippen LogP) is 7.20. The van der Waals surface area contributed by atoms with E-state index in [9.17, 15) is 5.11 Å². The molecule has 2 nitrogen and oxygen atoms in total.